The fraction of sp³-hybridized carbons (Fsp3) is 0. The highest BCUT2D eigenvalue weighted by molar-refractivity contribution is 6.12. The molecule has 10 aromatic carbocycles. The minimum atomic E-state index is 0.606. The molecule has 318 valence electrons. The van der Waals surface area contributed by atoms with Crippen molar-refractivity contribution in [3.8, 4) is 78.9 Å². The zero-order valence-electron chi connectivity index (χ0n) is 36.9. The summed E-state index contributed by atoms with van der Waals surface area (Å²) in [6, 6.07) is 88.2. The normalized spacial score (nSPS) is 11.5. The summed E-state index contributed by atoms with van der Waals surface area (Å²) in [5.41, 5.74) is 16.4. The van der Waals surface area contributed by atoms with E-state index in [4.69, 9.17) is 15.0 Å². The van der Waals surface area contributed by atoms with E-state index in [-0.39, 0.29) is 0 Å². The minimum Gasteiger partial charge on any atom is -0.309 e. The Morgan fingerprint density at radius 1 is 0.206 bits per heavy atom. The topological polar surface area (TPSA) is 48.5 Å². The van der Waals surface area contributed by atoms with Crippen LogP contribution in [0.25, 0.3) is 123 Å². The highest BCUT2D eigenvalue weighted by Crippen LogP contribution is 2.39. The van der Waals surface area contributed by atoms with Crippen LogP contribution in [0.5, 0.6) is 0 Å². The molecule has 13 aromatic rings. The number of benzene rings is 10. The number of rotatable bonds is 8. The first-order valence-corrected chi connectivity index (χ1v) is 23.0. The molecule has 3 aromatic heterocycles. The molecule has 0 atom stereocenters. The van der Waals surface area contributed by atoms with E-state index in [1.807, 2.05) is 12.1 Å². The van der Waals surface area contributed by atoms with E-state index in [9.17, 15) is 0 Å². The maximum absolute atomic E-state index is 5.23. The van der Waals surface area contributed by atoms with Crippen LogP contribution in [-0.4, -0.2) is 24.1 Å². The average molecular weight is 868 g/mol. The minimum absolute atomic E-state index is 0.606. The standard InChI is InChI=1S/C63H41N5/c1-4-17-42(18-5-1)44-21-14-23-48(37-44)61-64-62(49-24-15-22-45(38-49)43-19-6-2-7-20-43)66-63(65-61)50-25-16-28-52(39-50)68-58-32-13-11-30-54(58)56-41-47(34-36-60(56)68)46-33-35-59-55(40-46)53-29-10-12-31-57(53)67(59)51-26-8-3-9-27-51/h1-41H. The van der Waals surface area contributed by atoms with Gasteiger partial charge in [-0.05, 0) is 106 Å². The second kappa shape index (κ2) is 16.4. The molecule has 0 spiro atoms. The first-order chi connectivity index (χ1) is 33.7. The van der Waals surface area contributed by atoms with E-state index in [1.54, 1.807) is 0 Å². The van der Waals surface area contributed by atoms with Crippen LogP contribution in [-0.2, 0) is 0 Å². The van der Waals surface area contributed by atoms with Crippen LogP contribution >= 0.6 is 0 Å². The Morgan fingerprint density at radius 2 is 0.544 bits per heavy atom. The van der Waals surface area contributed by atoms with Crippen molar-refractivity contribution in [1.29, 1.82) is 0 Å². The summed E-state index contributed by atoms with van der Waals surface area (Å²) < 4.78 is 4.73. The number of hydrogen-bond donors (Lipinski definition) is 0. The monoisotopic (exact) mass is 867 g/mol. The Labute approximate surface area is 393 Å². The summed E-state index contributed by atoms with van der Waals surface area (Å²) in [5.74, 6) is 1.84. The summed E-state index contributed by atoms with van der Waals surface area (Å²) in [6.45, 7) is 0. The predicted molar refractivity (Wildman–Crippen MR) is 281 cm³/mol. The zero-order valence-corrected chi connectivity index (χ0v) is 36.9. The van der Waals surface area contributed by atoms with E-state index < -0.39 is 0 Å². The van der Waals surface area contributed by atoms with Gasteiger partial charge in [0.1, 0.15) is 0 Å². The number of para-hydroxylation sites is 3. The van der Waals surface area contributed by atoms with Crippen molar-refractivity contribution in [2.24, 2.45) is 0 Å². The van der Waals surface area contributed by atoms with E-state index in [2.05, 4.69) is 246 Å². The van der Waals surface area contributed by atoms with Gasteiger partial charge in [-0.1, -0.05) is 176 Å². The van der Waals surface area contributed by atoms with E-state index in [0.29, 0.717) is 17.5 Å². The van der Waals surface area contributed by atoms with Gasteiger partial charge in [-0.2, -0.15) is 0 Å². The second-order valence-electron chi connectivity index (χ2n) is 17.3. The third-order valence-electron chi connectivity index (χ3n) is 13.1. The summed E-state index contributed by atoms with van der Waals surface area (Å²) >= 11 is 0. The number of hydrogen-bond acceptors (Lipinski definition) is 3. The molecule has 68 heavy (non-hydrogen) atoms. The van der Waals surface area contributed by atoms with Gasteiger partial charge in [-0.25, -0.2) is 15.0 Å². The quantitative estimate of drug-likeness (QED) is 0.153. The first-order valence-electron chi connectivity index (χ1n) is 23.0. The van der Waals surface area contributed by atoms with Crippen molar-refractivity contribution >= 4 is 43.6 Å². The third-order valence-corrected chi connectivity index (χ3v) is 13.1. The molecule has 0 fully saturated rings. The lowest BCUT2D eigenvalue weighted by Gasteiger charge is -2.12. The molecule has 5 heteroatoms. The summed E-state index contributed by atoms with van der Waals surface area (Å²) in [4.78, 5) is 15.6. The Hall–Kier alpha value is -9.19. The van der Waals surface area contributed by atoms with Gasteiger partial charge in [-0.15, -0.1) is 0 Å². The summed E-state index contributed by atoms with van der Waals surface area (Å²) in [6.07, 6.45) is 0. The van der Waals surface area contributed by atoms with E-state index in [1.165, 1.54) is 43.7 Å². The second-order valence-corrected chi connectivity index (χ2v) is 17.3. The molecule has 0 N–H and O–H groups in total. The average Bonchev–Trinajstić information content (AvgIpc) is 3.94. The van der Waals surface area contributed by atoms with Gasteiger partial charge in [0, 0.05) is 49.6 Å². The molecule has 0 aliphatic rings. The zero-order chi connectivity index (χ0) is 45.0. The van der Waals surface area contributed by atoms with Gasteiger partial charge in [-0.3, -0.25) is 0 Å². The number of fused-ring (bicyclic) bond motifs is 6. The van der Waals surface area contributed by atoms with Crippen LogP contribution in [0.2, 0.25) is 0 Å². The van der Waals surface area contributed by atoms with Gasteiger partial charge < -0.3 is 9.13 Å². The maximum Gasteiger partial charge on any atom is 0.164 e. The molecular weight excluding hydrogens is 827 g/mol. The van der Waals surface area contributed by atoms with Crippen molar-refractivity contribution in [1.82, 2.24) is 24.1 Å². The molecule has 0 radical (unpaired) electrons. The molecule has 0 bridgehead atoms. The first kappa shape index (κ1) is 39.2. The molecule has 0 saturated carbocycles. The SMILES string of the molecule is c1ccc(-c2cccc(-c3nc(-c4cccc(-c5ccccc5)c4)nc(-c4cccc(-n5c6ccccc6c6cc(-c7ccc8c(c7)c7ccccc7n8-c7ccccc7)ccc65)c4)n3)c2)cc1. The Morgan fingerprint density at radius 3 is 1.04 bits per heavy atom. The smallest absolute Gasteiger partial charge is 0.164 e. The molecule has 0 amide bonds. The fourth-order valence-corrected chi connectivity index (χ4v) is 9.92. The van der Waals surface area contributed by atoms with Crippen LogP contribution < -0.4 is 0 Å². The van der Waals surface area contributed by atoms with Gasteiger partial charge in [0.25, 0.3) is 0 Å². The van der Waals surface area contributed by atoms with Gasteiger partial charge in [0.2, 0.25) is 0 Å². The lowest BCUT2D eigenvalue weighted by molar-refractivity contribution is 1.07. The van der Waals surface area contributed by atoms with Gasteiger partial charge in [0.15, 0.2) is 17.5 Å². The molecule has 0 saturated heterocycles. The van der Waals surface area contributed by atoms with E-state index in [0.717, 1.165) is 61.4 Å². The molecular formula is C63H41N5. The van der Waals surface area contributed by atoms with Crippen molar-refractivity contribution in [2.75, 3.05) is 0 Å². The Bertz CT molecular complexity index is 3920. The largest absolute Gasteiger partial charge is 0.309 e. The fourth-order valence-electron chi connectivity index (χ4n) is 9.92. The lowest BCUT2D eigenvalue weighted by atomic mass is 10.0. The van der Waals surface area contributed by atoms with Crippen molar-refractivity contribution in [2.45, 2.75) is 0 Å². The predicted octanol–water partition coefficient (Wildman–Crippen LogP) is 16.1. The van der Waals surface area contributed by atoms with Crippen molar-refractivity contribution in [3.05, 3.63) is 249 Å². The van der Waals surface area contributed by atoms with Crippen LogP contribution in [0.1, 0.15) is 0 Å². The third kappa shape index (κ3) is 6.84. The number of aromatic nitrogens is 5. The lowest BCUT2D eigenvalue weighted by Crippen LogP contribution is -2.01. The van der Waals surface area contributed by atoms with Crippen LogP contribution in [0, 0.1) is 0 Å². The maximum atomic E-state index is 5.23. The van der Waals surface area contributed by atoms with Crippen molar-refractivity contribution < 1.29 is 0 Å². The molecule has 0 aliphatic heterocycles. The van der Waals surface area contributed by atoms with Crippen LogP contribution in [0.15, 0.2) is 249 Å². The highest BCUT2D eigenvalue weighted by Gasteiger charge is 2.19. The van der Waals surface area contributed by atoms with Gasteiger partial charge in [0.05, 0.1) is 22.1 Å². The number of nitrogens with zero attached hydrogens (tertiary/aromatic N) is 5. The molecule has 3 heterocycles. The van der Waals surface area contributed by atoms with Crippen LogP contribution in [0.3, 0.4) is 0 Å². The summed E-state index contributed by atoms with van der Waals surface area (Å²) in [5, 5.41) is 4.86. The van der Waals surface area contributed by atoms with Crippen molar-refractivity contribution in [3.63, 3.8) is 0 Å². The van der Waals surface area contributed by atoms with E-state index >= 15 is 0 Å². The molecule has 13 rings (SSSR count). The van der Waals surface area contributed by atoms with Gasteiger partial charge >= 0.3 is 0 Å². The highest BCUT2D eigenvalue weighted by atomic mass is 15.0. The summed E-state index contributed by atoms with van der Waals surface area (Å²) in [7, 11) is 0. The molecule has 0 unspecified atom stereocenters. The Balaban J connectivity index is 0.936. The molecule has 0 aliphatic carbocycles. The van der Waals surface area contributed by atoms with Crippen LogP contribution in [0.4, 0.5) is 0 Å². The molecule has 5 nitrogen and oxygen atoms in total. The Kier molecular flexibility index (Phi) is 9.43.